The summed E-state index contributed by atoms with van der Waals surface area (Å²) >= 11 is 0. The van der Waals surface area contributed by atoms with Crippen LogP contribution in [0.15, 0.2) is 30.6 Å². The molecule has 2 heterocycles. The van der Waals surface area contributed by atoms with E-state index < -0.39 is 17.7 Å². The van der Waals surface area contributed by atoms with Gasteiger partial charge in [0, 0.05) is 23.2 Å². The van der Waals surface area contributed by atoms with Crippen LogP contribution in [-0.4, -0.2) is 25.1 Å². The monoisotopic (exact) mass is 357 g/mol. The number of anilines is 3. The first kappa shape index (κ1) is 16.4. The van der Waals surface area contributed by atoms with E-state index in [1.807, 2.05) is 6.07 Å². The molecule has 2 aromatic heterocycles. The summed E-state index contributed by atoms with van der Waals surface area (Å²) < 4.78 is 27.2. The van der Waals surface area contributed by atoms with E-state index in [2.05, 4.69) is 35.8 Å². The van der Waals surface area contributed by atoms with Crippen LogP contribution in [-0.2, 0) is 0 Å². The third kappa shape index (κ3) is 3.61. The number of halogens is 2. The number of rotatable bonds is 6. The summed E-state index contributed by atoms with van der Waals surface area (Å²) in [6, 6.07) is 4.73. The van der Waals surface area contributed by atoms with Gasteiger partial charge in [-0.15, -0.1) is 0 Å². The van der Waals surface area contributed by atoms with Crippen LogP contribution in [0.5, 0.6) is 0 Å². The maximum atomic E-state index is 13.9. The molecule has 134 valence electrons. The van der Waals surface area contributed by atoms with Gasteiger partial charge in [-0.1, -0.05) is 0 Å². The van der Waals surface area contributed by atoms with E-state index in [-0.39, 0.29) is 11.5 Å². The lowest BCUT2D eigenvalue weighted by molar-refractivity contribution is 0.576. The molecule has 4 rings (SSSR count). The summed E-state index contributed by atoms with van der Waals surface area (Å²) in [5.41, 5.74) is 1.29. The molecule has 0 spiro atoms. The molecule has 9 heteroatoms. The summed E-state index contributed by atoms with van der Waals surface area (Å²) in [4.78, 5) is 12.3. The van der Waals surface area contributed by atoms with Crippen LogP contribution < -0.4 is 10.6 Å². The second-order valence-corrected chi connectivity index (χ2v) is 6.27. The highest BCUT2D eigenvalue weighted by Crippen LogP contribution is 2.39. The molecule has 0 aliphatic heterocycles. The normalized spacial score (nSPS) is 14.9. The van der Waals surface area contributed by atoms with Crippen LogP contribution in [0.3, 0.4) is 0 Å². The summed E-state index contributed by atoms with van der Waals surface area (Å²) in [5, 5.41) is 13.1. The van der Waals surface area contributed by atoms with E-state index in [1.54, 1.807) is 6.92 Å². The van der Waals surface area contributed by atoms with Crippen molar-refractivity contribution in [3.8, 4) is 0 Å². The van der Waals surface area contributed by atoms with Crippen LogP contribution in [0.1, 0.15) is 43.0 Å². The summed E-state index contributed by atoms with van der Waals surface area (Å²) in [6.07, 6.45) is 3.69. The highest BCUT2D eigenvalue weighted by Gasteiger charge is 2.25. The number of nitrogens with zero attached hydrogens (tertiary/aromatic N) is 4. The second-order valence-electron chi connectivity index (χ2n) is 6.27. The molecular weight excluding hydrogens is 340 g/mol. The van der Waals surface area contributed by atoms with Crippen molar-refractivity contribution in [3.05, 3.63) is 53.5 Å². The van der Waals surface area contributed by atoms with Gasteiger partial charge in [0.15, 0.2) is 5.82 Å². The van der Waals surface area contributed by atoms with Crippen molar-refractivity contribution < 1.29 is 8.78 Å². The Morgan fingerprint density at radius 3 is 2.77 bits per heavy atom. The second kappa shape index (κ2) is 6.66. The predicted octanol–water partition coefficient (Wildman–Crippen LogP) is 3.67. The highest BCUT2D eigenvalue weighted by atomic mass is 19.1. The summed E-state index contributed by atoms with van der Waals surface area (Å²) in [7, 11) is 0. The predicted molar refractivity (Wildman–Crippen MR) is 92.1 cm³/mol. The molecule has 1 saturated carbocycles. The van der Waals surface area contributed by atoms with Crippen LogP contribution in [0.4, 0.5) is 26.5 Å². The van der Waals surface area contributed by atoms with E-state index in [0.717, 1.165) is 23.9 Å². The summed E-state index contributed by atoms with van der Waals surface area (Å²) in [6.45, 7) is 1.70. The van der Waals surface area contributed by atoms with Crippen molar-refractivity contribution in [2.75, 3.05) is 10.6 Å². The largest absolute Gasteiger partial charge is 0.347 e. The molecule has 1 unspecified atom stereocenters. The molecular formula is C17H17F2N7. The van der Waals surface area contributed by atoms with Crippen LogP contribution in [0.2, 0.25) is 0 Å². The lowest BCUT2D eigenvalue weighted by Crippen LogP contribution is -2.12. The van der Waals surface area contributed by atoms with Crippen molar-refractivity contribution in [1.82, 2.24) is 25.1 Å². The molecule has 3 aromatic rings. The van der Waals surface area contributed by atoms with Gasteiger partial charge >= 0.3 is 0 Å². The Morgan fingerprint density at radius 2 is 1.96 bits per heavy atom. The van der Waals surface area contributed by atoms with E-state index in [1.165, 1.54) is 19.2 Å². The zero-order valence-electron chi connectivity index (χ0n) is 14.0. The van der Waals surface area contributed by atoms with Gasteiger partial charge in [-0.2, -0.15) is 10.1 Å². The maximum absolute atomic E-state index is 13.9. The van der Waals surface area contributed by atoms with Crippen molar-refractivity contribution in [2.24, 2.45) is 0 Å². The Balaban J connectivity index is 1.47. The average Bonchev–Trinajstić information content (AvgIpc) is 3.37. The Morgan fingerprint density at radius 1 is 1.15 bits per heavy atom. The van der Waals surface area contributed by atoms with E-state index in [4.69, 9.17) is 0 Å². The molecule has 0 saturated heterocycles. The fraction of sp³-hybridized carbons (Fsp3) is 0.294. The Hall–Kier alpha value is -3.10. The van der Waals surface area contributed by atoms with Crippen molar-refractivity contribution >= 4 is 17.7 Å². The number of H-pyrrole nitrogens is 1. The maximum Gasteiger partial charge on any atom is 0.233 e. The van der Waals surface area contributed by atoms with Crippen LogP contribution in [0.25, 0.3) is 0 Å². The third-order valence-corrected chi connectivity index (χ3v) is 4.20. The minimum Gasteiger partial charge on any atom is -0.347 e. The van der Waals surface area contributed by atoms with Crippen LogP contribution >= 0.6 is 0 Å². The third-order valence-electron chi connectivity index (χ3n) is 4.20. The Labute approximate surface area is 148 Å². The van der Waals surface area contributed by atoms with Crippen molar-refractivity contribution in [3.63, 3.8) is 0 Å². The Kier molecular flexibility index (Phi) is 4.19. The number of benzene rings is 1. The summed E-state index contributed by atoms with van der Waals surface area (Å²) in [5.74, 6) is 0.741. The fourth-order valence-corrected chi connectivity index (χ4v) is 2.66. The SMILES string of the molecule is CC(Nc1ncnc(Nc2cc(C3CC3)[nH]n2)n1)c1cc(F)ccc1F. The van der Waals surface area contributed by atoms with Gasteiger partial charge in [-0.3, -0.25) is 5.10 Å². The van der Waals surface area contributed by atoms with E-state index in [9.17, 15) is 8.78 Å². The van der Waals surface area contributed by atoms with Crippen LogP contribution in [0, 0.1) is 11.6 Å². The van der Waals surface area contributed by atoms with Gasteiger partial charge in [0.1, 0.15) is 18.0 Å². The molecule has 7 nitrogen and oxygen atoms in total. The number of nitrogens with one attached hydrogen (secondary N) is 3. The lowest BCUT2D eigenvalue weighted by atomic mass is 10.1. The first-order valence-corrected chi connectivity index (χ1v) is 8.31. The molecule has 0 amide bonds. The zero-order chi connectivity index (χ0) is 18.1. The molecule has 1 aromatic carbocycles. The molecule has 0 bridgehead atoms. The van der Waals surface area contributed by atoms with Gasteiger partial charge < -0.3 is 10.6 Å². The standard InChI is InChI=1S/C17H17F2N7/c1-9(12-6-11(18)4-5-13(12)19)22-16-20-8-21-17(24-16)23-15-7-14(25-26-15)10-2-3-10/h4-10H,2-3H2,1H3,(H3,20,21,22,23,24,25,26). The van der Waals surface area contributed by atoms with Gasteiger partial charge in [-0.25, -0.2) is 18.7 Å². The highest BCUT2D eigenvalue weighted by molar-refractivity contribution is 5.49. The van der Waals surface area contributed by atoms with Gasteiger partial charge in [0.05, 0.1) is 6.04 Å². The van der Waals surface area contributed by atoms with Crippen molar-refractivity contribution in [2.45, 2.75) is 31.7 Å². The smallest absolute Gasteiger partial charge is 0.233 e. The molecule has 1 aliphatic rings. The number of hydrogen-bond donors (Lipinski definition) is 3. The lowest BCUT2D eigenvalue weighted by Gasteiger charge is -2.15. The van der Waals surface area contributed by atoms with Gasteiger partial charge in [0.25, 0.3) is 0 Å². The van der Waals surface area contributed by atoms with Crippen molar-refractivity contribution in [1.29, 1.82) is 0 Å². The Bertz CT molecular complexity index is 923. The minimum absolute atomic E-state index is 0.196. The fourth-order valence-electron chi connectivity index (χ4n) is 2.66. The first-order chi connectivity index (χ1) is 12.6. The van der Waals surface area contributed by atoms with Gasteiger partial charge in [0.2, 0.25) is 11.9 Å². The van der Waals surface area contributed by atoms with Gasteiger partial charge in [-0.05, 0) is 38.0 Å². The number of hydrogen-bond acceptors (Lipinski definition) is 6. The van der Waals surface area contributed by atoms with E-state index >= 15 is 0 Å². The molecule has 0 radical (unpaired) electrons. The average molecular weight is 357 g/mol. The molecule has 1 fully saturated rings. The molecule has 26 heavy (non-hydrogen) atoms. The molecule has 3 N–H and O–H groups in total. The zero-order valence-corrected chi connectivity index (χ0v) is 14.0. The number of aromatic amines is 1. The topological polar surface area (TPSA) is 91.4 Å². The quantitative estimate of drug-likeness (QED) is 0.623. The molecule has 1 atom stereocenters. The number of aromatic nitrogens is 5. The molecule has 1 aliphatic carbocycles. The first-order valence-electron chi connectivity index (χ1n) is 8.31. The minimum atomic E-state index is -0.521. The van der Waals surface area contributed by atoms with E-state index in [0.29, 0.717) is 17.7 Å².